The SMILES string of the molecule is C=C(C)O.NNC(=O)NN. The molecule has 0 aliphatic rings. The van der Waals surface area contributed by atoms with E-state index in [-0.39, 0.29) is 5.76 Å². The third-order valence-corrected chi connectivity index (χ3v) is 0.262. The molecule has 0 atom stereocenters. The number of urea groups is 1. The Morgan fingerprint density at radius 1 is 1.50 bits per heavy atom. The van der Waals surface area contributed by atoms with Crippen LogP contribution in [-0.2, 0) is 0 Å². The van der Waals surface area contributed by atoms with Gasteiger partial charge in [0.25, 0.3) is 0 Å². The molecule has 10 heavy (non-hydrogen) atoms. The van der Waals surface area contributed by atoms with Crippen LogP contribution in [0, 0.1) is 0 Å². The fourth-order valence-electron chi connectivity index (χ4n) is 0.0417. The normalized spacial score (nSPS) is 6.70. The molecule has 0 aromatic carbocycles. The standard InChI is InChI=1S/C3H6O.CH6N4O/c1-3(2)4;2-4-1(6)5-3/h4H,1H2,2H3;2-3H2,(H2,4,5,6). The van der Waals surface area contributed by atoms with Gasteiger partial charge in [0.05, 0.1) is 5.76 Å². The molecule has 0 saturated heterocycles. The Kier molecular flexibility index (Phi) is 8.90. The van der Waals surface area contributed by atoms with Gasteiger partial charge in [0.15, 0.2) is 0 Å². The van der Waals surface area contributed by atoms with Crippen LogP contribution in [0.4, 0.5) is 4.79 Å². The van der Waals surface area contributed by atoms with E-state index in [9.17, 15) is 4.79 Å². The molecule has 0 aromatic rings. The first-order valence-corrected chi connectivity index (χ1v) is 2.36. The van der Waals surface area contributed by atoms with Gasteiger partial charge in [-0.3, -0.25) is 10.9 Å². The number of hydrogen-bond donors (Lipinski definition) is 5. The lowest BCUT2D eigenvalue weighted by Gasteiger charge is -1.90. The summed E-state index contributed by atoms with van der Waals surface area (Å²) in [6, 6.07) is -0.602. The van der Waals surface area contributed by atoms with Crippen LogP contribution >= 0.6 is 0 Å². The molecule has 0 bridgehead atoms. The summed E-state index contributed by atoms with van der Waals surface area (Å²) in [6.07, 6.45) is 0. The van der Waals surface area contributed by atoms with Gasteiger partial charge in [-0.15, -0.1) is 0 Å². The second kappa shape index (κ2) is 7.73. The van der Waals surface area contributed by atoms with Gasteiger partial charge in [0, 0.05) is 0 Å². The molecule has 60 valence electrons. The van der Waals surface area contributed by atoms with Gasteiger partial charge in [-0.1, -0.05) is 6.58 Å². The number of carbonyl (C=O) groups excluding carboxylic acids is 1. The Bertz CT molecular complexity index is 104. The number of nitrogens with two attached hydrogens (primary N) is 2. The van der Waals surface area contributed by atoms with Gasteiger partial charge >= 0.3 is 6.03 Å². The molecular weight excluding hydrogens is 136 g/mol. The van der Waals surface area contributed by atoms with Crippen LogP contribution in [0.5, 0.6) is 0 Å². The zero-order valence-corrected chi connectivity index (χ0v) is 5.72. The first-order valence-electron chi connectivity index (χ1n) is 2.36. The zero-order valence-electron chi connectivity index (χ0n) is 5.72. The number of amides is 2. The molecule has 0 fully saturated rings. The number of hydrazine groups is 2. The predicted molar refractivity (Wildman–Crippen MR) is 37.5 cm³/mol. The maximum absolute atomic E-state index is 9.71. The molecule has 0 radical (unpaired) electrons. The first-order chi connectivity index (χ1) is 4.54. The Balaban J connectivity index is 0. The zero-order chi connectivity index (χ0) is 8.57. The van der Waals surface area contributed by atoms with Crippen LogP contribution in [0.2, 0.25) is 0 Å². The van der Waals surface area contributed by atoms with Crippen LogP contribution in [-0.4, -0.2) is 11.1 Å². The molecule has 2 amide bonds. The van der Waals surface area contributed by atoms with Crippen molar-refractivity contribution in [2.24, 2.45) is 11.7 Å². The van der Waals surface area contributed by atoms with Gasteiger partial charge in [-0.2, -0.15) is 0 Å². The largest absolute Gasteiger partial charge is 0.513 e. The van der Waals surface area contributed by atoms with E-state index in [0.29, 0.717) is 0 Å². The van der Waals surface area contributed by atoms with Crippen LogP contribution in [0.25, 0.3) is 0 Å². The number of aliphatic hydroxyl groups is 1. The molecule has 0 aromatic heterocycles. The van der Waals surface area contributed by atoms with Crippen molar-refractivity contribution in [2.45, 2.75) is 6.92 Å². The van der Waals surface area contributed by atoms with E-state index in [4.69, 9.17) is 5.11 Å². The van der Waals surface area contributed by atoms with Crippen LogP contribution in [0.15, 0.2) is 12.3 Å². The van der Waals surface area contributed by atoms with Crippen molar-refractivity contribution in [3.63, 3.8) is 0 Å². The molecule has 0 unspecified atom stereocenters. The molecule has 0 rings (SSSR count). The summed E-state index contributed by atoms with van der Waals surface area (Å²) >= 11 is 0. The second-order valence-electron chi connectivity index (χ2n) is 1.35. The number of allylic oxidation sites excluding steroid dienone is 1. The minimum absolute atomic E-state index is 0.167. The molecule has 7 N–H and O–H groups in total. The van der Waals surface area contributed by atoms with Gasteiger partial charge in [0.2, 0.25) is 0 Å². The van der Waals surface area contributed by atoms with Crippen molar-refractivity contribution in [3.8, 4) is 0 Å². The molecule has 6 heteroatoms. The number of aliphatic hydroxyl groups excluding tert-OH is 1. The highest BCUT2D eigenvalue weighted by Gasteiger charge is 1.82. The first kappa shape index (κ1) is 11.5. The topological polar surface area (TPSA) is 113 Å². The van der Waals surface area contributed by atoms with E-state index < -0.39 is 6.03 Å². The number of rotatable bonds is 0. The van der Waals surface area contributed by atoms with E-state index in [2.05, 4.69) is 18.3 Å². The molecule has 6 nitrogen and oxygen atoms in total. The van der Waals surface area contributed by atoms with Gasteiger partial charge in [-0.25, -0.2) is 16.5 Å². The van der Waals surface area contributed by atoms with Crippen molar-refractivity contribution < 1.29 is 9.90 Å². The summed E-state index contributed by atoms with van der Waals surface area (Å²) in [5, 5.41) is 7.86. The van der Waals surface area contributed by atoms with E-state index in [1.807, 2.05) is 0 Å². The van der Waals surface area contributed by atoms with E-state index >= 15 is 0 Å². The van der Waals surface area contributed by atoms with Gasteiger partial charge < -0.3 is 5.11 Å². The summed E-state index contributed by atoms with van der Waals surface area (Å²) in [7, 11) is 0. The minimum atomic E-state index is -0.602. The lowest BCUT2D eigenvalue weighted by atomic mass is 10.7. The maximum Gasteiger partial charge on any atom is 0.343 e. The third-order valence-electron chi connectivity index (χ3n) is 0.262. The summed E-state index contributed by atoms with van der Waals surface area (Å²) in [6.45, 7) is 4.64. The van der Waals surface area contributed by atoms with Gasteiger partial charge in [0.1, 0.15) is 0 Å². The molecule has 0 saturated carbocycles. The average molecular weight is 148 g/mol. The van der Waals surface area contributed by atoms with Crippen molar-refractivity contribution in [3.05, 3.63) is 12.3 Å². The lowest BCUT2D eigenvalue weighted by molar-refractivity contribution is 0.241. The van der Waals surface area contributed by atoms with Crippen LogP contribution < -0.4 is 22.5 Å². The summed E-state index contributed by atoms with van der Waals surface area (Å²) in [4.78, 5) is 9.71. The van der Waals surface area contributed by atoms with Crippen molar-refractivity contribution in [1.29, 1.82) is 0 Å². The summed E-state index contributed by atoms with van der Waals surface area (Å²) < 4.78 is 0. The fourth-order valence-corrected chi connectivity index (χ4v) is 0.0417. The third kappa shape index (κ3) is 29.6. The highest BCUT2D eigenvalue weighted by atomic mass is 16.3. The smallest absolute Gasteiger partial charge is 0.343 e. The summed E-state index contributed by atoms with van der Waals surface area (Å²) in [5.74, 6) is 9.25. The predicted octanol–water partition coefficient (Wildman–Crippen LogP) is -0.889. The monoisotopic (exact) mass is 148 g/mol. The highest BCUT2D eigenvalue weighted by molar-refractivity contribution is 5.72. The van der Waals surface area contributed by atoms with Gasteiger partial charge in [-0.05, 0) is 6.92 Å². The van der Waals surface area contributed by atoms with Crippen LogP contribution in [0.3, 0.4) is 0 Å². The quantitative estimate of drug-likeness (QED) is 0.133. The maximum atomic E-state index is 9.71. The minimum Gasteiger partial charge on any atom is -0.513 e. The fraction of sp³-hybridized carbons (Fsp3) is 0.250. The molecule has 0 aliphatic heterocycles. The Morgan fingerprint density at radius 2 is 1.70 bits per heavy atom. The van der Waals surface area contributed by atoms with E-state index in [0.717, 1.165) is 0 Å². The molecular formula is C4H12N4O2. The molecule has 0 spiro atoms. The average Bonchev–Trinajstić information content (AvgIpc) is 1.85. The van der Waals surface area contributed by atoms with Crippen molar-refractivity contribution >= 4 is 6.03 Å². The van der Waals surface area contributed by atoms with E-state index in [1.54, 1.807) is 10.9 Å². The Morgan fingerprint density at radius 3 is 1.70 bits per heavy atom. The van der Waals surface area contributed by atoms with Crippen LogP contribution in [0.1, 0.15) is 6.92 Å². The Hall–Kier alpha value is -1.27. The molecule has 0 heterocycles. The second-order valence-corrected chi connectivity index (χ2v) is 1.35. The van der Waals surface area contributed by atoms with Crippen molar-refractivity contribution in [2.75, 3.05) is 0 Å². The number of hydrogen-bond acceptors (Lipinski definition) is 4. The molecule has 0 aliphatic carbocycles. The highest BCUT2D eigenvalue weighted by Crippen LogP contribution is 1.66. The summed E-state index contributed by atoms with van der Waals surface area (Å²) in [5.41, 5.74) is 3.48. The van der Waals surface area contributed by atoms with E-state index in [1.165, 1.54) is 6.92 Å². The Labute approximate surface area is 58.8 Å². The number of carbonyl (C=O) groups is 1. The lowest BCUT2D eigenvalue weighted by Crippen LogP contribution is -2.43. The number of nitrogens with one attached hydrogen (secondary N) is 2. The van der Waals surface area contributed by atoms with Crippen molar-refractivity contribution in [1.82, 2.24) is 10.9 Å².